The average Bonchev–Trinajstić information content (AvgIpc) is 3.04. The monoisotopic (exact) mass is 429 g/mol. The maximum atomic E-state index is 13.0. The number of benzene rings is 3. The minimum Gasteiger partial charge on any atom is -0.507 e. The van der Waals surface area contributed by atoms with Crippen LogP contribution in [0.15, 0.2) is 54.6 Å². The lowest BCUT2D eigenvalue weighted by atomic mass is 9.94. The normalized spacial score (nSPS) is 16.3. The third kappa shape index (κ3) is 3.45. The molecule has 32 heavy (non-hydrogen) atoms. The topological polar surface area (TPSA) is 98.7 Å². The van der Waals surface area contributed by atoms with Gasteiger partial charge in [-0.25, -0.2) is 4.79 Å². The summed E-state index contributed by atoms with van der Waals surface area (Å²) in [6, 6.07) is 14.6. The summed E-state index contributed by atoms with van der Waals surface area (Å²) >= 11 is 0. The summed E-state index contributed by atoms with van der Waals surface area (Å²) in [7, 11) is 0. The van der Waals surface area contributed by atoms with E-state index >= 15 is 0 Å². The summed E-state index contributed by atoms with van der Waals surface area (Å²) < 4.78 is 0. The van der Waals surface area contributed by atoms with E-state index in [0.717, 1.165) is 32.1 Å². The van der Waals surface area contributed by atoms with Gasteiger partial charge in [-0.3, -0.25) is 14.5 Å². The molecule has 3 aromatic rings. The standard InChI is InChI=1S/C25H23N3O4/c29-22-11-5-8-17-18(22)9-4-10-21(17)27-25(32)26-15-12-13-19-20(14-15)24(31)28(23(19)30)16-6-2-1-3-7-16/h4-5,8-14,16,29H,1-3,6-7H2,(H2,26,27,32). The van der Waals surface area contributed by atoms with Crippen LogP contribution in [0.4, 0.5) is 16.2 Å². The van der Waals surface area contributed by atoms with E-state index in [2.05, 4.69) is 10.6 Å². The van der Waals surface area contributed by atoms with Gasteiger partial charge >= 0.3 is 6.03 Å². The number of fused-ring (bicyclic) bond motifs is 2. The van der Waals surface area contributed by atoms with E-state index in [1.165, 1.54) is 4.90 Å². The first-order chi connectivity index (χ1) is 15.5. The minimum absolute atomic E-state index is 0.0429. The van der Waals surface area contributed by atoms with Crippen molar-refractivity contribution in [3.05, 3.63) is 65.7 Å². The van der Waals surface area contributed by atoms with Crippen LogP contribution >= 0.6 is 0 Å². The molecule has 0 radical (unpaired) electrons. The van der Waals surface area contributed by atoms with Crippen molar-refractivity contribution in [2.24, 2.45) is 0 Å². The van der Waals surface area contributed by atoms with E-state index in [0.29, 0.717) is 33.3 Å². The van der Waals surface area contributed by atoms with Gasteiger partial charge in [-0.05, 0) is 43.2 Å². The number of hydrogen-bond acceptors (Lipinski definition) is 4. The SMILES string of the molecule is O=C(Nc1ccc2c(c1)C(=O)N(C1CCCCC1)C2=O)Nc1cccc2c(O)cccc12. The zero-order chi connectivity index (χ0) is 22.2. The summed E-state index contributed by atoms with van der Waals surface area (Å²) in [5, 5.41) is 16.9. The molecule has 0 unspecified atom stereocenters. The van der Waals surface area contributed by atoms with Crippen LogP contribution in [0.5, 0.6) is 5.75 Å². The number of nitrogens with one attached hydrogen (secondary N) is 2. The molecule has 0 spiro atoms. The molecule has 5 rings (SSSR count). The number of urea groups is 1. The second-order valence-electron chi connectivity index (χ2n) is 8.29. The Hall–Kier alpha value is -3.87. The number of imide groups is 1. The molecule has 1 fully saturated rings. The average molecular weight is 429 g/mol. The number of anilines is 2. The molecule has 1 aliphatic heterocycles. The van der Waals surface area contributed by atoms with Crippen molar-refractivity contribution in [1.82, 2.24) is 4.90 Å². The van der Waals surface area contributed by atoms with Gasteiger partial charge in [0.1, 0.15) is 5.75 Å². The lowest BCUT2D eigenvalue weighted by Gasteiger charge is -2.29. The molecule has 2 aliphatic rings. The van der Waals surface area contributed by atoms with Gasteiger partial charge in [-0.1, -0.05) is 43.5 Å². The number of carbonyl (C=O) groups is 3. The summed E-state index contributed by atoms with van der Waals surface area (Å²) in [5.41, 5.74) is 1.69. The highest BCUT2D eigenvalue weighted by molar-refractivity contribution is 6.22. The van der Waals surface area contributed by atoms with Crippen LogP contribution in [0.2, 0.25) is 0 Å². The zero-order valence-electron chi connectivity index (χ0n) is 17.4. The second kappa shape index (κ2) is 8.00. The summed E-state index contributed by atoms with van der Waals surface area (Å²) in [6.07, 6.45) is 4.88. The van der Waals surface area contributed by atoms with Crippen LogP contribution in [0.3, 0.4) is 0 Å². The summed E-state index contributed by atoms with van der Waals surface area (Å²) in [6.45, 7) is 0. The molecule has 4 amide bonds. The molecule has 3 N–H and O–H groups in total. The Bertz CT molecular complexity index is 1250. The highest BCUT2D eigenvalue weighted by Crippen LogP contribution is 2.33. The van der Waals surface area contributed by atoms with Crippen LogP contribution in [0.1, 0.15) is 52.8 Å². The Kier molecular flexibility index (Phi) is 5.01. The number of phenolic OH excluding ortho intramolecular Hbond substituents is 1. The van der Waals surface area contributed by atoms with Crippen LogP contribution in [-0.2, 0) is 0 Å². The van der Waals surface area contributed by atoms with Gasteiger partial charge in [0.25, 0.3) is 11.8 Å². The van der Waals surface area contributed by atoms with Gasteiger partial charge < -0.3 is 15.7 Å². The molecule has 1 heterocycles. The van der Waals surface area contributed by atoms with Gasteiger partial charge in [0, 0.05) is 22.5 Å². The lowest BCUT2D eigenvalue weighted by molar-refractivity contribution is 0.0549. The molecule has 162 valence electrons. The second-order valence-corrected chi connectivity index (χ2v) is 8.29. The van der Waals surface area contributed by atoms with Crippen LogP contribution in [0, 0.1) is 0 Å². The molecule has 0 saturated heterocycles. The number of aromatic hydroxyl groups is 1. The van der Waals surface area contributed by atoms with Crippen molar-refractivity contribution >= 4 is 40.0 Å². The highest BCUT2D eigenvalue weighted by Gasteiger charge is 2.40. The first kappa shape index (κ1) is 20.1. The Balaban J connectivity index is 1.34. The van der Waals surface area contributed by atoms with E-state index in [9.17, 15) is 19.5 Å². The number of phenols is 1. The number of nitrogens with zero attached hydrogens (tertiary/aromatic N) is 1. The largest absolute Gasteiger partial charge is 0.507 e. The molecular formula is C25H23N3O4. The fraction of sp³-hybridized carbons (Fsp3) is 0.240. The van der Waals surface area contributed by atoms with Crippen molar-refractivity contribution in [3.63, 3.8) is 0 Å². The fourth-order valence-electron chi connectivity index (χ4n) is 4.70. The van der Waals surface area contributed by atoms with Crippen molar-refractivity contribution in [2.45, 2.75) is 38.1 Å². The zero-order valence-corrected chi connectivity index (χ0v) is 17.4. The predicted molar refractivity (Wildman–Crippen MR) is 122 cm³/mol. The summed E-state index contributed by atoms with van der Waals surface area (Å²) in [5.74, 6) is -0.398. The van der Waals surface area contributed by atoms with Gasteiger partial charge in [-0.2, -0.15) is 0 Å². The van der Waals surface area contributed by atoms with E-state index in [1.54, 1.807) is 48.5 Å². The molecule has 7 nitrogen and oxygen atoms in total. The fourth-order valence-corrected chi connectivity index (χ4v) is 4.70. The highest BCUT2D eigenvalue weighted by atomic mass is 16.3. The van der Waals surface area contributed by atoms with Gasteiger partial charge in [-0.15, -0.1) is 0 Å². The Morgan fingerprint density at radius 2 is 1.56 bits per heavy atom. The molecule has 3 aromatic carbocycles. The number of hydrogen-bond donors (Lipinski definition) is 3. The first-order valence-electron chi connectivity index (χ1n) is 10.8. The van der Waals surface area contributed by atoms with E-state index < -0.39 is 6.03 Å². The Morgan fingerprint density at radius 1 is 0.844 bits per heavy atom. The predicted octanol–water partition coefficient (Wildman–Crippen LogP) is 5.12. The van der Waals surface area contributed by atoms with Crippen molar-refractivity contribution in [3.8, 4) is 5.75 Å². The lowest BCUT2D eigenvalue weighted by Crippen LogP contribution is -2.40. The molecule has 1 saturated carbocycles. The van der Waals surface area contributed by atoms with E-state index in [-0.39, 0.29) is 23.6 Å². The Morgan fingerprint density at radius 3 is 2.38 bits per heavy atom. The van der Waals surface area contributed by atoms with Gasteiger partial charge in [0.15, 0.2) is 0 Å². The third-order valence-electron chi connectivity index (χ3n) is 6.26. The first-order valence-corrected chi connectivity index (χ1v) is 10.8. The van der Waals surface area contributed by atoms with Crippen LogP contribution in [-0.4, -0.2) is 33.9 Å². The summed E-state index contributed by atoms with van der Waals surface area (Å²) in [4.78, 5) is 39.8. The number of carbonyl (C=O) groups excluding carboxylic acids is 3. The van der Waals surface area contributed by atoms with Crippen LogP contribution in [0.25, 0.3) is 10.8 Å². The van der Waals surface area contributed by atoms with E-state index in [1.807, 2.05) is 6.07 Å². The van der Waals surface area contributed by atoms with Crippen molar-refractivity contribution in [2.75, 3.05) is 10.6 Å². The minimum atomic E-state index is -0.485. The Labute approximate surface area is 185 Å². The molecule has 0 atom stereocenters. The van der Waals surface area contributed by atoms with Gasteiger partial charge in [0.2, 0.25) is 0 Å². The molecule has 1 aliphatic carbocycles. The third-order valence-corrected chi connectivity index (χ3v) is 6.26. The van der Waals surface area contributed by atoms with Crippen molar-refractivity contribution in [1.29, 1.82) is 0 Å². The smallest absolute Gasteiger partial charge is 0.323 e. The van der Waals surface area contributed by atoms with Crippen molar-refractivity contribution < 1.29 is 19.5 Å². The molecular weight excluding hydrogens is 406 g/mol. The van der Waals surface area contributed by atoms with Crippen LogP contribution < -0.4 is 10.6 Å². The number of rotatable bonds is 3. The molecule has 7 heteroatoms. The maximum Gasteiger partial charge on any atom is 0.323 e. The molecule has 0 bridgehead atoms. The van der Waals surface area contributed by atoms with Gasteiger partial charge in [0.05, 0.1) is 16.8 Å². The molecule has 0 aromatic heterocycles. The quantitative estimate of drug-likeness (QED) is 0.503. The maximum absolute atomic E-state index is 13.0. The van der Waals surface area contributed by atoms with E-state index in [4.69, 9.17) is 0 Å². The number of amides is 4.